The Labute approximate surface area is 600 Å². The molecule has 0 aromatic heterocycles. The van der Waals surface area contributed by atoms with Gasteiger partial charge in [0.15, 0.2) is 12.2 Å². The summed E-state index contributed by atoms with van der Waals surface area (Å²) in [6, 6.07) is 0. The van der Waals surface area contributed by atoms with E-state index in [4.69, 9.17) is 37.0 Å². The van der Waals surface area contributed by atoms with Gasteiger partial charge in [0.1, 0.15) is 19.3 Å². The maximum Gasteiger partial charge on any atom is 0.472 e. The van der Waals surface area contributed by atoms with Gasteiger partial charge in [0.05, 0.1) is 26.4 Å². The molecule has 3 unspecified atom stereocenters. The second-order valence-corrected chi connectivity index (χ2v) is 31.6. The van der Waals surface area contributed by atoms with Crippen LogP contribution in [0.15, 0.2) is 0 Å². The molecular weight excluding hydrogens is 1280 g/mol. The average molecular weight is 1440 g/mol. The summed E-state index contributed by atoms with van der Waals surface area (Å²) in [6.45, 7) is 7.30. The molecule has 0 radical (unpaired) electrons. The van der Waals surface area contributed by atoms with Crippen LogP contribution in [0.4, 0.5) is 0 Å². The highest BCUT2D eigenvalue weighted by Crippen LogP contribution is 2.45. The number of aliphatic hydroxyl groups is 1. The molecule has 17 nitrogen and oxygen atoms in total. The van der Waals surface area contributed by atoms with E-state index in [1.165, 1.54) is 244 Å². The van der Waals surface area contributed by atoms with E-state index in [2.05, 4.69) is 34.6 Å². The number of phosphoric ester groups is 2. The topological polar surface area (TPSA) is 237 Å². The molecule has 0 aliphatic carbocycles. The van der Waals surface area contributed by atoms with Gasteiger partial charge in [0, 0.05) is 25.7 Å². The number of hydrogen-bond donors (Lipinski definition) is 3. The van der Waals surface area contributed by atoms with E-state index in [0.717, 1.165) is 95.8 Å². The van der Waals surface area contributed by atoms with Crippen LogP contribution in [0.25, 0.3) is 0 Å². The molecule has 6 atom stereocenters. The Kier molecular flexibility index (Phi) is 70.6. The highest BCUT2D eigenvalue weighted by molar-refractivity contribution is 7.47. The third kappa shape index (κ3) is 71.1. The lowest BCUT2D eigenvalue weighted by molar-refractivity contribution is -0.161. The lowest BCUT2D eigenvalue weighted by Gasteiger charge is -2.21. The zero-order chi connectivity index (χ0) is 71.9. The molecule has 0 aromatic rings. The monoisotopic (exact) mass is 1440 g/mol. The Morgan fingerprint density at radius 3 is 0.724 bits per heavy atom. The van der Waals surface area contributed by atoms with Gasteiger partial charge in [0.25, 0.3) is 0 Å². The summed E-state index contributed by atoms with van der Waals surface area (Å²) >= 11 is 0. The Hall–Kier alpha value is -1.94. The minimum Gasteiger partial charge on any atom is -0.462 e. The zero-order valence-corrected chi connectivity index (χ0v) is 65.7. The van der Waals surface area contributed by atoms with Gasteiger partial charge in [-0.15, -0.1) is 0 Å². The van der Waals surface area contributed by atoms with Crippen LogP contribution in [-0.2, 0) is 65.4 Å². The summed E-state index contributed by atoms with van der Waals surface area (Å²) in [5, 5.41) is 10.6. The lowest BCUT2D eigenvalue weighted by atomic mass is 9.99. The van der Waals surface area contributed by atoms with Gasteiger partial charge < -0.3 is 33.8 Å². The highest BCUT2D eigenvalue weighted by Gasteiger charge is 2.30. The van der Waals surface area contributed by atoms with Crippen molar-refractivity contribution in [3.05, 3.63) is 0 Å². The molecule has 0 aromatic carbocycles. The molecule has 0 bridgehead atoms. The van der Waals surface area contributed by atoms with Crippen molar-refractivity contribution in [2.75, 3.05) is 39.6 Å². The predicted octanol–water partition coefficient (Wildman–Crippen LogP) is 23.6. The van der Waals surface area contributed by atoms with Crippen LogP contribution in [0.2, 0.25) is 0 Å². The second-order valence-electron chi connectivity index (χ2n) is 28.7. The lowest BCUT2D eigenvalue weighted by Crippen LogP contribution is -2.30. The van der Waals surface area contributed by atoms with Crippen LogP contribution < -0.4 is 0 Å². The van der Waals surface area contributed by atoms with Gasteiger partial charge in [-0.25, -0.2) is 9.13 Å². The van der Waals surface area contributed by atoms with E-state index in [1.807, 2.05) is 0 Å². The Bertz CT molecular complexity index is 1880. The number of rotatable bonds is 79. The number of carbonyl (C=O) groups is 4. The fourth-order valence-corrected chi connectivity index (χ4v) is 13.8. The summed E-state index contributed by atoms with van der Waals surface area (Å²) in [6.07, 6.45) is 62.4. The van der Waals surface area contributed by atoms with Gasteiger partial charge in [-0.05, 0) is 31.6 Å². The van der Waals surface area contributed by atoms with E-state index in [1.54, 1.807) is 0 Å². The van der Waals surface area contributed by atoms with Crippen LogP contribution in [0.1, 0.15) is 420 Å². The molecule has 0 aliphatic heterocycles. The van der Waals surface area contributed by atoms with Crippen molar-refractivity contribution in [1.82, 2.24) is 0 Å². The number of ether oxygens (including phenoxy) is 4. The molecule has 0 aliphatic rings. The molecule has 0 amide bonds. The summed E-state index contributed by atoms with van der Waals surface area (Å²) in [4.78, 5) is 72.9. The minimum atomic E-state index is -4.96. The van der Waals surface area contributed by atoms with E-state index >= 15 is 0 Å². The smallest absolute Gasteiger partial charge is 0.462 e. The number of aliphatic hydroxyl groups excluding tert-OH is 1. The van der Waals surface area contributed by atoms with Crippen LogP contribution in [0.3, 0.4) is 0 Å². The summed E-state index contributed by atoms with van der Waals surface area (Å²) in [7, 11) is -9.91. The number of unbranched alkanes of at least 4 members (excludes halogenated alkanes) is 50. The SMILES string of the molecule is CCCCCCCCCCCCCCCCCCCCC(=O)OC[C@H](COP(=O)(O)OC[C@@H](O)COP(=O)(O)OC[C@@H](COC(=O)CCCCCCCCCCCC)OC(=O)CCCCCCCCCCC(C)CC)OC(=O)CCCCCCCCCCCCCCCCCCCC. The maximum atomic E-state index is 13.1. The third-order valence-electron chi connectivity index (χ3n) is 18.9. The first-order valence-corrected chi connectivity index (χ1v) is 44.2. The van der Waals surface area contributed by atoms with E-state index in [0.29, 0.717) is 25.7 Å². The number of phosphoric acid groups is 2. The number of carbonyl (C=O) groups excluding carboxylic acids is 4. The van der Waals surface area contributed by atoms with Gasteiger partial charge >= 0.3 is 39.5 Å². The van der Waals surface area contributed by atoms with Gasteiger partial charge in [-0.2, -0.15) is 0 Å². The Morgan fingerprint density at radius 2 is 0.490 bits per heavy atom. The van der Waals surface area contributed by atoms with Gasteiger partial charge in [0.2, 0.25) is 0 Å². The standard InChI is InChI=1S/C79H154O17P2/c1-6-10-13-16-19-22-25-27-29-31-33-35-37-39-42-48-53-58-63-77(82)90-68-74(95-78(83)64-59-54-49-43-40-38-36-34-32-30-28-26-23-20-17-14-11-7-2)70-93-97(85,86)91-66-73(80)67-92-98(87,88)94-71-75(69-89-76(81)62-57-52-47-41-24-21-18-15-12-8-3)96-79(84)65-60-55-50-45-44-46-51-56-61-72(5)9-4/h72-75,80H,6-71H2,1-5H3,(H,85,86)(H,87,88)/t72?,73-,74-,75-/m1/s1. The van der Waals surface area contributed by atoms with E-state index in [-0.39, 0.29) is 25.7 Å². The molecule has 0 saturated heterocycles. The Morgan fingerprint density at radius 1 is 0.286 bits per heavy atom. The molecular formula is C79H154O17P2. The van der Waals surface area contributed by atoms with Crippen molar-refractivity contribution in [2.45, 2.75) is 438 Å². The summed E-state index contributed by atoms with van der Waals surface area (Å²) in [5.41, 5.74) is 0. The number of hydrogen-bond acceptors (Lipinski definition) is 15. The molecule has 0 heterocycles. The quantitative estimate of drug-likeness (QED) is 0.0222. The molecule has 3 N–H and O–H groups in total. The summed E-state index contributed by atoms with van der Waals surface area (Å²) < 4.78 is 68.6. The van der Waals surface area contributed by atoms with Gasteiger partial charge in [-0.3, -0.25) is 37.3 Å². The van der Waals surface area contributed by atoms with Crippen LogP contribution in [0.5, 0.6) is 0 Å². The summed E-state index contributed by atoms with van der Waals surface area (Å²) in [5.74, 6) is -1.34. The molecule has 0 rings (SSSR count). The zero-order valence-electron chi connectivity index (χ0n) is 63.9. The fraction of sp³-hybridized carbons (Fsp3) is 0.949. The van der Waals surface area contributed by atoms with Crippen molar-refractivity contribution in [2.24, 2.45) is 5.92 Å². The fourth-order valence-electron chi connectivity index (χ4n) is 12.2. The van der Waals surface area contributed by atoms with Crippen LogP contribution in [0, 0.1) is 5.92 Å². The van der Waals surface area contributed by atoms with Crippen molar-refractivity contribution >= 4 is 39.5 Å². The molecule has 19 heteroatoms. The van der Waals surface area contributed by atoms with Crippen molar-refractivity contribution in [3.8, 4) is 0 Å². The van der Waals surface area contributed by atoms with Crippen LogP contribution in [-0.4, -0.2) is 96.7 Å². The Balaban J connectivity index is 5.23. The molecule has 0 saturated carbocycles. The first-order chi connectivity index (χ1) is 47.6. The van der Waals surface area contributed by atoms with E-state index < -0.39 is 97.5 Å². The maximum absolute atomic E-state index is 13.1. The largest absolute Gasteiger partial charge is 0.472 e. The predicted molar refractivity (Wildman–Crippen MR) is 400 cm³/mol. The van der Waals surface area contributed by atoms with Crippen LogP contribution >= 0.6 is 15.6 Å². The van der Waals surface area contributed by atoms with Crippen molar-refractivity contribution < 1.29 is 80.2 Å². The third-order valence-corrected chi connectivity index (χ3v) is 20.8. The minimum absolute atomic E-state index is 0.106. The molecule has 98 heavy (non-hydrogen) atoms. The normalized spacial score (nSPS) is 14.2. The second kappa shape index (κ2) is 72.0. The van der Waals surface area contributed by atoms with Crippen molar-refractivity contribution in [3.63, 3.8) is 0 Å². The average Bonchev–Trinajstić information content (AvgIpc) is 3.29. The first-order valence-electron chi connectivity index (χ1n) is 41.2. The molecule has 0 fully saturated rings. The van der Waals surface area contributed by atoms with E-state index in [9.17, 15) is 43.2 Å². The molecule has 0 spiro atoms. The highest BCUT2D eigenvalue weighted by atomic mass is 31.2. The number of esters is 4. The molecule has 582 valence electrons. The first kappa shape index (κ1) is 96.1. The van der Waals surface area contributed by atoms with Crippen molar-refractivity contribution in [1.29, 1.82) is 0 Å². The van der Waals surface area contributed by atoms with Gasteiger partial charge in [-0.1, -0.05) is 369 Å².